The van der Waals surface area contributed by atoms with Gasteiger partial charge in [0, 0.05) is 31.9 Å². The number of nitrogens with one attached hydrogen (secondary N) is 1. The first-order chi connectivity index (χ1) is 20.5. The van der Waals surface area contributed by atoms with Gasteiger partial charge in [0.15, 0.2) is 0 Å². The standard InChI is InChI=1S/C30H39N3O7S3/c31-18-19-32-29(34)28(33(20-10-22-42(35,36)37)21-11-23-43(38,39)40)24-41-30(25-12-4-1-5-13-25,26-14-6-2-7-15-26)27-16-8-3-9-17-27/h1-9,12-17,28H,10-11,18-24,31H2,(H,32,34)(H,35,36,37)(H,38,39,40). The lowest BCUT2D eigenvalue weighted by Crippen LogP contribution is -2.51. The highest BCUT2D eigenvalue weighted by Gasteiger charge is 2.39. The second kappa shape index (κ2) is 16.3. The molecule has 0 aliphatic heterocycles. The predicted molar refractivity (Wildman–Crippen MR) is 171 cm³/mol. The van der Waals surface area contributed by atoms with Crippen LogP contribution in [0.5, 0.6) is 0 Å². The van der Waals surface area contributed by atoms with Crippen LogP contribution in [-0.4, -0.2) is 86.2 Å². The number of amides is 1. The van der Waals surface area contributed by atoms with E-state index in [0.29, 0.717) is 0 Å². The Hall–Kier alpha value is -2.78. The SMILES string of the molecule is NCCNC(=O)C(CSC(c1ccccc1)(c1ccccc1)c1ccccc1)N(CCCS(=O)(=O)O)CCCS(=O)(=O)O. The Bertz CT molecular complexity index is 1360. The van der Waals surface area contributed by atoms with Crippen molar-refractivity contribution in [1.29, 1.82) is 0 Å². The molecule has 0 saturated heterocycles. The Morgan fingerprint density at radius 1 is 0.767 bits per heavy atom. The molecular weight excluding hydrogens is 611 g/mol. The molecule has 3 aromatic rings. The van der Waals surface area contributed by atoms with E-state index in [1.54, 1.807) is 4.90 Å². The van der Waals surface area contributed by atoms with Crippen LogP contribution in [0.15, 0.2) is 91.0 Å². The molecule has 0 aliphatic rings. The van der Waals surface area contributed by atoms with E-state index in [4.69, 9.17) is 5.73 Å². The van der Waals surface area contributed by atoms with Gasteiger partial charge in [-0.3, -0.25) is 18.8 Å². The highest BCUT2D eigenvalue weighted by Crippen LogP contribution is 2.48. The van der Waals surface area contributed by atoms with Crippen molar-refractivity contribution in [3.05, 3.63) is 108 Å². The number of thioether (sulfide) groups is 1. The van der Waals surface area contributed by atoms with Gasteiger partial charge < -0.3 is 11.1 Å². The molecule has 234 valence electrons. The number of carbonyl (C=O) groups excluding carboxylic acids is 1. The molecule has 10 nitrogen and oxygen atoms in total. The van der Waals surface area contributed by atoms with Gasteiger partial charge in [-0.05, 0) is 29.5 Å². The van der Waals surface area contributed by atoms with Crippen molar-refractivity contribution < 1.29 is 30.7 Å². The van der Waals surface area contributed by atoms with Crippen LogP contribution >= 0.6 is 11.8 Å². The van der Waals surface area contributed by atoms with Gasteiger partial charge in [0.25, 0.3) is 20.2 Å². The van der Waals surface area contributed by atoms with Crippen molar-refractivity contribution in [2.45, 2.75) is 23.6 Å². The maximum Gasteiger partial charge on any atom is 0.264 e. The summed E-state index contributed by atoms with van der Waals surface area (Å²) in [5.74, 6) is -1.16. The molecule has 0 fully saturated rings. The Labute approximate surface area is 258 Å². The van der Waals surface area contributed by atoms with Crippen molar-refractivity contribution in [3.8, 4) is 0 Å². The van der Waals surface area contributed by atoms with Crippen LogP contribution in [0, 0.1) is 0 Å². The zero-order valence-electron chi connectivity index (χ0n) is 23.8. The summed E-state index contributed by atoms with van der Waals surface area (Å²) >= 11 is 1.54. The van der Waals surface area contributed by atoms with E-state index in [-0.39, 0.29) is 50.7 Å². The number of hydrogen-bond donors (Lipinski definition) is 4. The van der Waals surface area contributed by atoms with Crippen LogP contribution in [0.4, 0.5) is 0 Å². The van der Waals surface area contributed by atoms with Crippen molar-refractivity contribution >= 4 is 37.9 Å². The highest BCUT2D eigenvalue weighted by molar-refractivity contribution is 8.00. The van der Waals surface area contributed by atoms with Crippen LogP contribution in [-0.2, 0) is 29.8 Å². The van der Waals surface area contributed by atoms with Gasteiger partial charge in [-0.15, -0.1) is 11.8 Å². The third-order valence-corrected chi connectivity index (χ3v) is 10.1. The van der Waals surface area contributed by atoms with E-state index in [0.717, 1.165) is 16.7 Å². The number of nitrogens with zero attached hydrogens (tertiary/aromatic N) is 1. The van der Waals surface area contributed by atoms with Gasteiger partial charge in [-0.1, -0.05) is 91.0 Å². The summed E-state index contributed by atoms with van der Waals surface area (Å²) in [6, 6.07) is 28.9. The van der Waals surface area contributed by atoms with Crippen LogP contribution in [0.3, 0.4) is 0 Å². The first kappa shape index (κ1) is 34.7. The van der Waals surface area contributed by atoms with E-state index >= 15 is 0 Å². The summed E-state index contributed by atoms with van der Waals surface area (Å²) in [6.07, 6.45) is 0.0223. The fourth-order valence-electron chi connectivity index (χ4n) is 4.96. The number of rotatable bonds is 18. The molecule has 3 aromatic carbocycles. The van der Waals surface area contributed by atoms with Gasteiger partial charge in [0.1, 0.15) is 0 Å². The Morgan fingerprint density at radius 2 is 1.16 bits per heavy atom. The lowest BCUT2D eigenvalue weighted by molar-refractivity contribution is -0.125. The van der Waals surface area contributed by atoms with Crippen molar-refractivity contribution in [3.63, 3.8) is 0 Å². The molecule has 1 atom stereocenters. The molecule has 0 spiro atoms. The Morgan fingerprint density at radius 3 is 1.51 bits per heavy atom. The average Bonchev–Trinajstić information content (AvgIpc) is 2.98. The van der Waals surface area contributed by atoms with Crippen LogP contribution in [0.25, 0.3) is 0 Å². The summed E-state index contributed by atoms with van der Waals surface area (Å²) in [5.41, 5.74) is 8.62. The predicted octanol–water partition coefficient (Wildman–Crippen LogP) is 3.01. The van der Waals surface area contributed by atoms with Gasteiger partial charge in [-0.25, -0.2) is 0 Å². The van der Waals surface area contributed by atoms with Crippen LogP contribution in [0.2, 0.25) is 0 Å². The molecule has 0 bridgehead atoms. The molecule has 0 saturated carbocycles. The number of benzene rings is 3. The molecular formula is C30H39N3O7S3. The minimum absolute atomic E-state index is 0.0112. The quantitative estimate of drug-likeness (QED) is 0.119. The maximum atomic E-state index is 13.6. The minimum atomic E-state index is -4.25. The molecule has 0 heterocycles. The van der Waals surface area contributed by atoms with E-state index in [1.165, 1.54) is 11.8 Å². The van der Waals surface area contributed by atoms with Crippen molar-refractivity contribution in [2.75, 3.05) is 43.4 Å². The fraction of sp³-hybridized carbons (Fsp3) is 0.367. The first-order valence-corrected chi connectivity index (χ1v) is 18.1. The van der Waals surface area contributed by atoms with Crippen LogP contribution in [0.1, 0.15) is 29.5 Å². The monoisotopic (exact) mass is 649 g/mol. The van der Waals surface area contributed by atoms with E-state index in [2.05, 4.69) is 5.32 Å². The lowest BCUT2D eigenvalue weighted by Gasteiger charge is -2.38. The fourth-order valence-corrected chi connectivity index (χ4v) is 7.62. The zero-order valence-corrected chi connectivity index (χ0v) is 26.2. The van der Waals surface area contributed by atoms with E-state index in [9.17, 15) is 30.7 Å². The topological polar surface area (TPSA) is 167 Å². The smallest absolute Gasteiger partial charge is 0.264 e. The van der Waals surface area contributed by atoms with Gasteiger partial charge in [-0.2, -0.15) is 16.8 Å². The number of carbonyl (C=O) groups is 1. The molecule has 1 unspecified atom stereocenters. The largest absolute Gasteiger partial charge is 0.353 e. The summed E-state index contributed by atoms with van der Waals surface area (Å²) in [7, 11) is -8.50. The maximum absolute atomic E-state index is 13.6. The zero-order chi connectivity index (χ0) is 31.3. The Balaban J connectivity index is 2.08. The molecule has 1 amide bonds. The lowest BCUT2D eigenvalue weighted by atomic mass is 9.84. The molecule has 0 aliphatic carbocycles. The second-order valence-corrected chi connectivity index (χ2v) is 14.4. The third kappa shape index (κ3) is 10.7. The molecule has 3 rings (SSSR count). The van der Waals surface area contributed by atoms with Crippen LogP contribution < -0.4 is 11.1 Å². The van der Waals surface area contributed by atoms with E-state index < -0.39 is 42.5 Å². The molecule has 0 aromatic heterocycles. The summed E-state index contributed by atoms with van der Waals surface area (Å²) in [4.78, 5) is 15.3. The third-order valence-electron chi connectivity index (χ3n) is 6.88. The van der Waals surface area contributed by atoms with Crippen molar-refractivity contribution in [2.24, 2.45) is 5.73 Å². The summed E-state index contributed by atoms with van der Waals surface area (Å²) in [5, 5.41) is 2.83. The second-order valence-electron chi connectivity index (χ2n) is 10.0. The molecule has 13 heteroatoms. The molecule has 43 heavy (non-hydrogen) atoms. The first-order valence-electron chi connectivity index (χ1n) is 13.9. The number of hydrogen-bond acceptors (Lipinski definition) is 8. The van der Waals surface area contributed by atoms with Gasteiger partial charge in [0.05, 0.1) is 22.3 Å². The van der Waals surface area contributed by atoms with Crippen molar-refractivity contribution in [1.82, 2.24) is 10.2 Å². The number of nitrogens with two attached hydrogens (primary N) is 1. The summed E-state index contributed by atoms with van der Waals surface area (Å²) < 4.78 is 63.7. The normalized spacial score (nSPS) is 13.1. The van der Waals surface area contributed by atoms with Gasteiger partial charge in [0.2, 0.25) is 5.91 Å². The van der Waals surface area contributed by atoms with E-state index in [1.807, 2.05) is 91.0 Å². The van der Waals surface area contributed by atoms with Gasteiger partial charge >= 0.3 is 0 Å². The Kier molecular flexibility index (Phi) is 13.2. The molecule has 0 radical (unpaired) electrons. The molecule has 5 N–H and O–H groups in total. The minimum Gasteiger partial charge on any atom is -0.353 e. The summed E-state index contributed by atoms with van der Waals surface area (Å²) in [6.45, 7) is 0.591. The average molecular weight is 650 g/mol. The highest BCUT2D eigenvalue weighted by atomic mass is 32.2.